The average molecular weight is 521 g/mol. The van der Waals surface area contributed by atoms with Crippen LogP contribution in [0.15, 0.2) is 67.3 Å². The Labute approximate surface area is 229 Å². The van der Waals surface area contributed by atoms with Gasteiger partial charge in [-0.1, -0.05) is 49.9 Å². The van der Waals surface area contributed by atoms with Gasteiger partial charge in [-0.05, 0) is 78.6 Å². The lowest BCUT2D eigenvalue weighted by atomic mass is 9.90. The second-order valence-electron chi connectivity index (χ2n) is 10.6. The number of hydrogen-bond donors (Lipinski definition) is 0. The van der Waals surface area contributed by atoms with Crippen molar-refractivity contribution in [2.45, 2.75) is 39.0 Å². The lowest BCUT2D eigenvalue weighted by Gasteiger charge is -2.35. The second-order valence-corrected chi connectivity index (χ2v) is 10.6. The molecule has 1 saturated carbocycles. The van der Waals surface area contributed by atoms with E-state index in [0.717, 1.165) is 51.0 Å². The van der Waals surface area contributed by atoms with Crippen LogP contribution in [0.4, 0.5) is 10.2 Å². The van der Waals surface area contributed by atoms with Crippen molar-refractivity contribution < 1.29 is 9.18 Å². The maximum absolute atomic E-state index is 15.3. The SMILES string of the molecule is C=CC(=O)N1CCN(c2nnc(-c3ccccc3C3CC3)c3cc(-c4c(F)cccc4CC)c(C)cc23)CC1. The molecule has 1 aromatic heterocycles. The van der Waals surface area contributed by atoms with Crippen LogP contribution in [-0.4, -0.2) is 47.2 Å². The topological polar surface area (TPSA) is 49.3 Å². The molecule has 1 aliphatic carbocycles. The molecule has 3 aromatic carbocycles. The zero-order valence-electron chi connectivity index (χ0n) is 22.6. The van der Waals surface area contributed by atoms with Gasteiger partial charge >= 0.3 is 0 Å². The maximum atomic E-state index is 15.3. The van der Waals surface area contributed by atoms with Crippen molar-refractivity contribution in [1.29, 1.82) is 0 Å². The van der Waals surface area contributed by atoms with E-state index < -0.39 is 0 Å². The summed E-state index contributed by atoms with van der Waals surface area (Å²) in [6, 6.07) is 18.1. The van der Waals surface area contributed by atoms with Gasteiger partial charge in [0, 0.05) is 48.1 Å². The van der Waals surface area contributed by atoms with Gasteiger partial charge in [0.1, 0.15) is 11.5 Å². The summed E-state index contributed by atoms with van der Waals surface area (Å²) in [6.45, 7) is 10.3. The first-order valence-electron chi connectivity index (χ1n) is 13.8. The van der Waals surface area contributed by atoms with Gasteiger partial charge in [-0.15, -0.1) is 10.2 Å². The Morgan fingerprint density at radius 3 is 2.49 bits per heavy atom. The fourth-order valence-electron chi connectivity index (χ4n) is 5.89. The largest absolute Gasteiger partial charge is 0.351 e. The average Bonchev–Trinajstić information content (AvgIpc) is 3.82. The molecule has 0 spiro atoms. The van der Waals surface area contributed by atoms with E-state index in [-0.39, 0.29) is 11.7 Å². The Morgan fingerprint density at radius 1 is 1.00 bits per heavy atom. The van der Waals surface area contributed by atoms with E-state index >= 15 is 4.39 Å². The van der Waals surface area contributed by atoms with E-state index in [1.807, 2.05) is 17.9 Å². The molecule has 4 aromatic rings. The third-order valence-electron chi connectivity index (χ3n) is 8.15. The molecule has 39 heavy (non-hydrogen) atoms. The minimum absolute atomic E-state index is 0.0466. The Balaban J connectivity index is 1.55. The number of rotatable bonds is 6. The van der Waals surface area contributed by atoms with Crippen LogP contribution in [-0.2, 0) is 11.2 Å². The number of fused-ring (bicyclic) bond motifs is 1. The predicted octanol–water partition coefficient (Wildman–Crippen LogP) is 6.69. The maximum Gasteiger partial charge on any atom is 0.246 e. The van der Waals surface area contributed by atoms with E-state index in [1.54, 1.807) is 12.1 Å². The highest BCUT2D eigenvalue weighted by atomic mass is 19.1. The molecular formula is C33H33FN4O. The molecular weight excluding hydrogens is 487 g/mol. The highest BCUT2D eigenvalue weighted by Gasteiger charge is 2.29. The van der Waals surface area contributed by atoms with Crippen molar-refractivity contribution in [1.82, 2.24) is 15.1 Å². The predicted molar refractivity (Wildman–Crippen MR) is 155 cm³/mol. The number of hydrogen-bond acceptors (Lipinski definition) is 4. The Bertz CT molecular complexity index is 1580. The first-order valence-corrected chi connectivity index (χ1v) is 13.8. The standard InChI is InChI=1S/C33H33FN4O/c1-4-22-9-8-12-29(34)31(22)26-20-27-28(19-21(26)3)33(38-17-15-37(16-18-38)30(39)5-2)36-35-32(27)25-11-7-6-10-24(25)23-13-14-23/h5-12,19-20,23H,2,4,13-18H2,1,3H3. The molecule has 0 atom stereocenters. The lowest BCUT2D eigenvalue weighted by molar-refractivity contribution is -0.126. The van der Waals surface area contributed by atoms with Crippen LogP contribution in [0.1, 0.15) is 42.4 Å². The Morgan fingerprint density at radius 2 is 1.77 bits per heavy atom. The summed E-state index contributed by atoms with van der Waals surface area (Å²) < 4.78 is 15.3. The number of carbonyl (C=O) groups excluding carboxylic acids is 1. The summed E-state index contributed by atoms with van der Waals surface area (Å²) in [7, 11) is 0. The monoisotopic (exact) mass is 520 g/mol. The number of aromatic nitrogens is 2. The number of piperazine rings is 1. The number of benzene rings is 3. The minimum atomic E-state index is -0.207. The summed E-state index contributed by atoms with van der Waals surface area (Å²) >= 11 is 0. The second kappa shape index (κ2) is 10.3. The molecule has 6 heteroatoms. The molecule has 0 bridgehead atoms. The van der Waals surface area contributed by atoms with Crippen LogP contribution >= 0.6 is 0 Å². The Hall–Kier alpha value is -4.06. The number of amides is 1. The molecule has 0 radical (unpaired) electrons. The van der Waals surface area contributed by atoms with Crippen molar-refractivity contribution in [3.63, 3.8) is 0 Å². The third-order valence-corrected chi connectivity index (χ3v) is 8.15. The first-order chi connectivity index (χ1) is 19.0. The molecule has 2 fully saturated rings. The molecule has 198 valence electrons. The highest BCUT2D eigenvalue weighted by Crippen LogP contribution is 2.46. The van der Waals surface area contributed by atoms with Crippen LogP contribution in [0, 0.1) is 12.7 Å². The van der Waals surface area contributed by atoms with Gasteiger partial charge in [0.15, 0.2) is 5.82 Å². The van der Waals surface area contributed by atoms with Gasteiger partial charge in [0.25, 0.3) is 0 Å². The zero-order valence-corrected chi connectivity index (χ0v) is 22.6. The summed E-state index contributed by atoms with van der Waals surface area (Å²) in [5.74, 6) is 1.11. The molecule has 1 saturated heterocycles. The molecule has 0 N–H and O–H groups in total. The highest BCUT2D eigenvalue weighted by molar-refractivity contribution is 6.04. The van der Waals surface area contributed by atoms with Crippen LogP contribution in [0.25, 0.3) is 33.2 Å². The number of halogens is 1. The lowest BCUT2D eigenvalue weighted by Crippen LogP contribution is -2.48. The van der Waals surface area contributed by atoms with Gasteiger partial charge in [0.05, 0.1) is 0 Å². The Kier molecular flexibility index (Phi) is 6.63. The van der Waals surface area contributed by atoms with Crippen LogP contribution in [0.3, 0.4) is 0 Å². The van der Waals surface area contributed by atoms with E-state index in [0.29, 0.717) is 37.7 Å². The smallest absolute Gasteiger partial charge is 0.246 e. The van der Waals surface area contributed by atoms with Gasteiger partial charge in [-0.3, -0.25) is 4.79 Å². The van der Waals surface area contributed by atoms with Crippen LogP contribution < -0.4 is 4.90 Å². The van der Waals surface area contributed by atoms with E-state index in [1.165, 1.54) is 24.5 Å². The van der Waals surface area contributed by atoms with Crippen molar-refractivity contribution in [3.8, 4) is 22.4 Å². The van der Waals surface area contributed by atoms with Crippen molar-refractivity contribution in [3.05, 3.63) is 89.8 Å². The summed E-state index contributed by atoms with van der Waals surface area (Å²) in [5, 5.41) is 11.6. The normalized spacial score (nSPS) is 15.6. The van der Waals surface area contributed by atoms with Gasteiger partial charge < -0.3 is 9.80 Å². The van der Waals surface area contributed by atoms with Gasteiger partial charge in [-0.2, -0.15) is 0 Å². The van der Waals surface area contributed by atoms with Crippen molar-refractivity contribution in [2.75, 3.05) is 31.1 Å². The van der Waals surface area contributed by atoms with Crippen LogP contribution in [0.5, 0.6) is 0 Å². The first kappa shape index (κ1) is 25.2. The molecule has 2 heterocycles. The van der Waals surface area contributed by atoms with E-state index in [9.17, 15) is 4.79 Å². The zero-order chi connectivity index (χ0) is 27.1. The fraction of sp³-hybridized carbons (Fsp3) is 0.303. The third kappa shape index (κ3) is 4.58. The summed E-state index contributed by atoms with van der Waals surface area (Å²) in [6.07, 6.45) is 4.49. The molecule has 6 rings (SSSR count). The van der Waals surface area contributed by atoms with Crippen molar-refractivity contribution >= 4 is 22.5 Å². The number of aryl methyl sites for hydroxylation is 2. The fourth-order valence-corrected chi connectivity index (χ4v) is 5.89. The molecule has 2 aliphatic rings. The molecule has 1 aliphatic heterocycles. The molecule has 1 amide bonds. The molecule has 0 unspecified atom stereocenters. The van der Waals surface area contributed by atoms with E-state index in [4.69, 9.17) is 10.2 Å². The van der Waals surface area contributed by atoms with Gasteiger partial charge in [-0.25, -0.2) is 4.39 Å². The quantitative estimate of drug-likeness (QED) is 0.266. The number of nitrogens with zero attached hydrogens (tertiary/aromatic N) is 4. The summed E-state index contributed by atoms with van der Waals surface area (Å²) in [4.78, 5) is 16.2. The van der Waals surface area contributed by atoms with Crippen LogP contribution in [0.2, 0.25) is 0 Å². The number of carbonyl (C=O) groups is 1. The minimum Gasteiger partial charge on any atom is -0.351 e. The number of anilines is 1. The summed E-state index contributed by atoms with van der Waals surface area (Å²) in [5.41, 5.74) is 6.79. The van der Waals surface area contributed by atoms with Gasteiger partial charge in [0.2, 0.25) is 5.91 Å². The van der Waals surface area contributed by atoms with E-state index in [2.05, 4.69) is 54.8 Å². The van der Waals surface area contributed by atoms with Crippen molar-refractivity contribution in [2.24, 2.45) is 0 Å². The molecule has 5 nitrogen and oxygen atoms in total.